The lowest BCUT2D eigenvalue weighted by Gasteiger charge is -2.21. The van der Waals surface area contributed by atoms with Gasteiger partial charge in [0, 0.05) is 12.1 Å². The van der Waals surface area contributed by atoms with E-state index in [1.807, 2.05) is 61.5 Å². The van der Waals surface area contributed by atoms with Crippen molar-refractivity contribution >= 4 is 5.91 Å². The molecule has 29 heavy (non-hydrogen) atoms. The van der Waals surface area contributed by atoms with Crippen molar-refractivity contribution in [3.63, 3.8) is 0 Å². The van der Waals surface area contributed by atoms with Crippen molar-refractivity contribution in [2.45, 2.75) is 13.0 Å². The van der Waals surface area contributed by atoms with Crippen molar-refractivity contribution in [2.75, 3.05) is 21.3 Å². The Morgan fingerprint density at radius 2 is 1.31 bits per heavy atom. The van der Waals surface area contributed by atoms with Crippen molar-refractivity contribution in [3.8, 4) is 17.2 Å². The van der Waals surface area contributed by atoms with E-state index >= 15 is 0 Å². The molecule has 0 spiro atoms. The number of hydrogen-bond donors (Lipinski definition) is 1. The van der Waals surface area contributed by atoms with Gasteiger partial charge in [0.25, 0.3) is 5.91 Å². The van der Waals surface area contributed by atoms with E-state index in [0.717, 1.165) is 16.7 Å². The van der Waals surface area contributed by atoms with E-state index in [2.05, 4.69) is 5.32 Å². The zero-order chi connectivity index (χ0) is 20.8. The fraction of sp³-hybridized carbons (Fsp3) is 0.208. The molecule has 0 aromatic heterocycles. The Morgan fingerprint density at radius 3 is 1.90 bits per heavy atom. The average molecular weight is 391 g/mol. The van der Waals surface area contributed by atoms with Gasteiger partial charge < -0.3 is 19.5 Å². The van der Waals surface area contributed by atoms with Crippen molar-refractivity contribution in [1.29, 1.82) is 0 Å². The summed E-state index contributed by atoms with van der Waals surface area (Å²) in [6.45, 7) is 2.04. The van der Waals surface area contributed by atoms with E-state index < -0.39 is 0 Å². The van der Waals surface area contributed by atoms with Gasteiger partial charge in [-0.1, -0.05) is 60.2 Å². The van der Waals surface area contributed by atoms with Crippen molar-refractivity contribution in [3.05, 3.63) is 89.0 Å². The van der Waals surface area contributed by atoms with Crippen LogP contribution >= 0.6 is 0 Å². The lowest BCUT2D eigenvalue weighted by atomic mass is 9.97. The topological polar surface area (TPSA) is 56.8 Å². The molecular weight excluding hydrogens is 366 g/mol. The normalized spacial score (nSPS) is 11.4. The van der Waals surface area contributed by atoms with Gasteiger partial charge in [0.05, 0.1) is 32.9 Å². The van der Waals surface area contributed by atoms with Gasteiger partial charge in [0.2, 0.25) is 0 Å². The third-order valence-electron chi connectivity index (χ3n) is 4.77. The zero-order valence-corrected chi connectivity index (χ0v) is 17.1. The predicted molar refractivity (Wildman–Crippen MR) is 113 cm³/mol. The van der Waals surface area contributed by atoms with Gasteiger partial charge in [-0.2, -0.15) is 0 Å². The van der Waals surface area contributed by atoms with Crippen LogP contribution in [0.2, 0.25) is 0 Å². The molecule has 0 saturated heterocycles. The third kappa shape index (κ3) is 4.51. The number of rotatable bonds is 7. The predicted octanol–water partition coefficient (Wildman–Crippen LogP) is 4.54. The fourth-order valence-electron chi connectivity index (χ4n) is 3.18. The Labute approximate surface area is 171 Å². The van der Waals surface area contributed by atoms with Crippen LogP contribution in [-0.4, -0.2) is 27.2 Å². The van der Waals surface area contributed by atoms with Crippen molar-refractivity contribution in [1.82, 2.24) is 5.32 Å². The standard InChI is InChI=1S/C24H25NO4/c1-16-10-12-18(13-11-16)23(17-8-6-5-7-9-17)25-24(26)19-14-21(28-3)22(29-4)15-20(19)27-2/h5-15,23H,1-4H3,(H,25,26). The minimum Gasteiger partial charge on any atom is -0.496 e. The quantitative estimate of drug-likeness (QED) is 0.642. The molecule has 0 aliphatic rings. The van der Waals surface area contributed by atoms with Crippen molar-refractivity contribution < 1.29 is 19.0 Å². The molecule has 0 bridgehead atoms. The zero-order valence-electron chi connectivity index (χ0n) is 17.1. The van der Waals surface area contributed by atoms with E-state index in [0.29, 0.717) is 22.8 Å². The molecule has 0 heterocycles. The molecule has 1 unspecified atom stereocenters. The highest BCUT2D eigenvalue weighted by Gasteiger charge is 2.22. The number of nitrogens with one attached hydrogen (secondary N) is 1. The first-order chi connectivity index (χ1) is 14.1. The van der Waals surface area contributed by atoms with Gasteiger partial charge in [-0.25, -0.2) is 0 Å². The number of hydrogen-bond acceptors (Lipinski definition) is 4. The van der Waals surface area contributed by atoms with Crippen molar-refractivity contribution in [2.24, 2.45) is 0 Å². The highest BCUT2D eigenvalue weighted by Crippen LogP contribution is 2.35. The fourth-order valence-corrected chi connectivity index (χ4v) is 3.18. The van der Waals surface area contributed by atoms with E-state index in [4.69, 9.17) is 14.2 Å². The van der Waals surface area contributed by atoms with Crippen LogP contribution in [0, 0.1) is 6.92 Å². The van der Waals surface area contributed by atoms with E-state index in [-0.39, 0.29) is 11.9 Å². The monoisotopic (exact) mass is 391 g/mol. The molecule has 0 aliphatic heterocycles. The average Bonchev–Trinajstić information content (AvgIpc) is 2.77. The number of methoxy groups -OCH3 is 3. The van der Waals surface area contributed by atoms with E-state index in [1.54, 1.807) is 19.2 Å². The Hall–Kier alpha value is -3.47. The summed E-state index contributed by atoms with van der Waals surface area (Å²) >= 11 is 0. The SMILES string of the molecule is COc1cc(OC)c(C(=O)NC(c2ccccc2)c2ccc(C)cc2)cc1OC. The molecule has 1 amide bonds. The minimum atomic E-state index is -0.304. The van der Waals surface area contributed by atoms with E-state index in [1.165, 1.54) is 14.2 Å². The van der Waals surface area contributed by atoms with E-state index in [9.17, 15) is 4.79 Å². The molecule has 0 saturated carbocycles. The number of benzene rings is 3. The summed E-state index contributed by atoms with van der Waals surface area (Å²) in [5.41, 5.74) is 3.52. The first-order valence-electron chi connectivity index (χ1n) is 9.29. The molecule has 0 fully saturated rings. The maximum atomic E-state index is 13.2. The van der Waals surface area contributed by atoms with Crippen LogP contribution in [0.3, 0.4) is 0 Å². The van der Waals surface area contributed by atoms with Gasteiger partial charge in [-0.3, -0.25) is 4.79 Å². The van der Waals surface area contributed by atoms with Crippen LogP contribution in [0.5, 0.6) is 17.2 Å². The molecule has 3 aromatic rings. The lowest BCUT2D eigenvalue weighted by molar-refractivity contribution is 0.0939. The second-order valence-electron chi connectivity index (χ2n) is 6.64. The number of ether oxygens (including phenoxy) is 3. The maximum Gasteiger partial charge on any atom is 0.255 e. The summed E-state index contributed by atoms with van der Waals surface area (Å²) in [5.74, 6) is 1.11. The first kappa shape index (κ1) is 20.3. The van der Waals surface area contributed by atoms with Gasteiger partial charge in [-0.05, 0) is 18.1 Å². The maximum absolute atomic E-state index is 13.2. The number of carbonyl (C=O) groups excluding carboxylic acids is 1. The summed E-state index contributed by atoms with van der Waals surface area (Å²) in [4.78, 5) is 13.2. The Bertz CT molecular complexity index is 968. The Kier molecular flexibility index (Phi) is 6.39. The first-order valence-corrected chi connectivity index (χ1v) is 9.29. The van der Waals surface area contributed by atoms with Gasteiger partial charge in [0.15, 0.2) is 11.5 Å². The van der Waals surface area contributed by atoms with Crippen LogP contribution in [0.25, 0.3) is 0 Å². The second-order valence-corrected chi connectivity index (χ2v) is 6.64. The second kappa shape index (κ2) is 9.15. The number of carbonyl (C=O) groups is 1. The summed E-state index contributed by atoms with van der Waals surface area (Å²) in [5, 5.41) is 3.13. The summed E-state index contributed by atoms with van der Waals surface area (Å²) in [6, 6.07) is 21.0. The molecule has 5 nitrogen and oxygen atoms in total. The molecule has 3 aromatic carbocycles. The summed E-state index contributed by atoms with van der Waals surface area (Å²) < 4.78 is 16.1. The molecular formula is C24H25NO4. The molecule has 1 atom stereocenters. The Balaban J connectivity index is 2.00. The lowest BCUT2D eigenvalue weighted by Crippen LogP contribution is -2.29. The minimum absolute atomic E-state index is 0.266. The van der Waals surface area contributed by atoms with Crippen LogP contribution in [-0.2, 0) is 0 Å². The van der Waals surface area contributed by atoms with Crippen LogP contribution in [0.1, 0.15) is 33.1 Å². The van der Waals surface area contributed by atoms with Gasteiger partial charge in [0.1, 0.15) is 5.75 Å². The molecule has 1 N–H and O–H groups in total. The molecule has 0 radical (unpaired) electrons. The largest absolute Gasteiger partial charge is 0.496 e. The molecule has 150 valence electrons. The Morgan fingerprint density at radius 1 is 0.759 bits per heavy atom. The number of aryl methyl sites for hydroxylation is 1. The summed E-state index contributed by atoms with van der Waals surface area (Å²) in [6.07, 6.45) is 0. The summed E-state index contributed by atoms with van der Waals surface area (Å²) in [7, 11) is 4.59. The third-order valence-corrected chi connectivity index (χ3v) is 4.77. The highest BCUT2D eigenvalue weighted by atomic mass is 16.5. The smallest absolute Gasteiger partial charge is 0.255 e. The van der Waals surface area contributed by atoms with Gasteiger partial charge >= 0.3 is 0 Å². The van der Waals surface area contributed by atoms with Crippen LogP contribution < -0.4 is 19.5 Å². The van der Waals surface area contributed by atoms with Gasteiger partial charge in [-0.15, -0.1) is 0 Å². The highest BCUT2D eigenvalue weighted by molar-refractivity contribution is 5.98. The van der Waals surface area contributed by atoms with Crippen LogP contribution in [0.4, 0.5) is 0 Å². The molecule has 3 rings (SSSR count). The molecule has 0 aliphatic carbocycles. The molecule has 5 heteroatoms. The van der Waals surface area contributed by atoms with Crippen LogP contribution in [0.15, 0.2) is 66.7 Å². The number of amides is 1.